The molecule has 1 rings (SSSR count). The molecule has 1 aromatic heterocycles. The zero-order valence-electron chi connectivity index (χ0n) is 9.79. The van der Waals surface area contributed by atoms with Crippen LogP contribution in [0.2, 0.25) is 0 Å². The predicted molar refractivity (Wildman–Crippen MR) is 64.1 cm³/mol. The van der Waals surface area contributed by atoms with Crippen LogP contribution in [0.15, 0.2) is 21.6 Å². The molecule has 0 unspecified atom stereocenters. The highest BCUT2D eigenvalue weighted by molar-refractivity contribution is 7.90. The Morgan fingerprint density at radius 3 is 2.44 bits per heavy atom. The molecule has 0 aliphatic rings. The highest BCUT2D eigenvalue weighted by Crippen LogP contribution is 2.13. The first kappa shape index (κ1) is 15.2. The summed E-state index contributed by atoms with van der Waals surface area (Å²) >= 11 is 0. The maximum absolute atomic E-state index is 11.6. The van der Waals surface area contributed by atoms with E-state index < -0.39 is 19.9 Å². The van der Waals surface area contributed by atoms with Gasteiger partial charge in [0.15, 0.2) is 0 Å². The first-order chi connectivity index (χ1) is 8.24. The van der Waals surface area contributed by atoms with Crippen molar-refractivity contribution in [1.29, 1.82) is 0 Å². The van der Waals surface area contributed by atoms with Gasteiger partial charge in [0.25, 0.3) is 10.0 Å². The van der Waals surface area contributed by atoms with E-state index in [1.54, 1.807) is 0 Å². The van der Waals surface area contributed by atoms with Gasteiger partial charge in [-0.05, 0) is 18.6 Å². The summed E-state index contributed by atoms with van der Waals surface area (Å²) in [6, 6.07) is 2.58. The smallest absolute Gasteiger partial charge is 0.273 e. The summed E-state index contributed by atoms with van der Waals surface area (Å²) in [6.07, 6.45) is 1.27. The van der Waals surface area contributed by atoms with Crippen molar-refractivity contribution in [2.24, 2.45) is 0 Å². The fourth-order valence-electron chi connectivity index (χ4n) is 1.20. The number of nitrogens with one attached hydrogen (secondary N) is 1. The van der Waals surface area contributed by atoms with Gasteiger partial charge in [0.05, 0.1) is 5.75 Å². The van der Waals surface area contributed by atoms with E-state index in [-0.39, 0.29) is 36.2 Å². The Morgan fingerprint density at radius 2 is 1.94 bits per heavy atom. The van der Waals surface area contributed by atoms with Crippen LogP contribution >= 0.6 is 0 Å². The molecule has 18 heavy (non-hydrogen) atoms. The monoisotopic (exact) mass is 297 g/mol. The molecule has 7 nitrogen and oxygen atoms in total. The normalized spacial score (nSPS) is 12.8. The molecule has 1 aromatic rings. The number of rotatable bonds is 7. The molecule has 0 fully saturated rings. The molecular weight excluding hydrogens is 282 g/mol. The number of furan rings is 1. The summed E-state index contributed by atoms with van der Waals surface area (Å²) in [7, 11) is -6.89. The second-order valence-electron chi connectivity index (χ2n) is 3.76. The van der Waals surface area contributed by atoms with Gasteiger partial charge in [0, 0.05) is 12.8 Å². The van der Waals surface area contributed by atoms with Gasteiger partial charge >= 0.3 is 0 Å². The van der Waals surface area contributed by atoms with E-state index in [9.17, 15) is 16.8 Å². The van der Waals surface area contributed by atoms with Crippen molar-refractivity contribution in [1.82, 2.24) is 4.72 Å². The van der Waals surface area contributed by atoms with Gasteiger partial charge in [-0.2, -0.15) is 0 Å². The Balaban J connectivity index is 2.55. The molecule has 104 valence electrons. The summed E-state index contributed by atoms with van der Waals surface area (Å²) < 4.78 is 52.1. The number of hydrogen-bond acceptors (Lipinski definition) is 6. The van der Waals surface area contributed by atoms with Gasteiger partial charge in [0.2, 0.25) is 5.09 Å². The van der Waals surface area contributed by atoms with Gasteiger partial charge in [-0.15, -0.1) is 0 Å². The number of hydrogen-bond donors (Lipinski definition) is 2. The summed E-state index contributed by atoms with van der Waals surface area (Å²) in [5, 5.41) is 8.44. The fourth-order valence-corrected chi connectivity index (χ4v) is 2.89. The third-order valence-electron chi connectivity index (χ3n) is 2.04. The number of sulfone groups is 1. The number of aliphatic hydroxyl groups is 1. The Morgan fingerprint density at radius 1 is 1.28 bits per heavy atom. The quantitative estimate of drug-likeness (QED) is 0.655. The molecule has 0 aliphatic heterocycles. The predicted octanol–water partition coefficient (Wildman–Crippen LogP) is -0.515. The molecule has 0 spiro atoms. The molecular formula is C9H15NO6S2. The van der Waals surface area contributed by atoms with E-state index in [0.29, 0.717) is 0 Å². The first-order valence-corrected chi connectivity index (χ1v) is 8.66. The third kappa shape index (κ3) is 4.77. The molecule has 0 radical (unpaired) electrons. The average Bonchev–Trinajstić information content (AvgIpc) is 2.72. The van der Waals surface area contributed by atoms with Crippen LogP contribution in [0.25, 0.3) is 0 Å². The molecule has 0 aliphatic carbocycles. The minimum absolute atomic E-state index is 0.00453. The van der Waals surface area contributed by atoms with Gasteiger partial charge in [-0.3, -0.25) is 0 Å². The summed E-state index contributed by atoms with van der Waals surface area (Å²) in [5.41, 5.74) is 0. The van der Waals surface area contributed by atoms with Crippen LogP contribution in [-0.4, -0.2) is 40.5 Å². The van der Waals surface area contributed by atoms with Crippen LogP contribution in [0.4, 0.5) is 0 Å². The topological polar surface area (TPSA) is 114 Å². The van der Waals surface area contributed by atoms with E-state index in [2.05, 4.69) is 4.72 Å². The maximum Gasteiger partial charge on any atom is 0.273 e. The van der Waals surface area contributed by atoms with Crippen molar-refractivity contribution < 1.29 is 26.4 Å². The van der Waals surface area contributed by atoms with E-state index in [4.69, 9.17) is 9.52 Å². The van der Waals surface area contributed by atoms with Gasteiger partial charge < -0.3 is 9.52 Å². The van der Waals surface area contributed by atoms with Crippen LogP contribution < -0.4 is 4.72 Å². The molecule has 0 atom stereocenters. The zero-order valence-corrected chi connectivity index (χ0v) is 11.4. The van der Waals surface area contributed by atoms with Gasteiger partial charge in [-0.1, -0.05) is 0 Å². The lowest BCUT2D eigenvalue weighted by atomic mass is 10.5. The third-order valence-corrected chi connectivity index (χ3v) is 4.41. The van der Waals surface area contributed by atoms with Gasteiger partial charge in [-0.25, -0.2) is 21.6 Å². The molecule has 0 aromatic carbocycles. The van der Waals surface area contributed by atoms with Crippen molar-refractivity contribution in [3.05, 3.63) is 17.9 Å². The summed E-state index contributed by atoms with van der Waals surface area (Å²) in [6.45, 7) is -0.381. The van der Waals surface area contributed by atoms with Gasteiger partial charge in [0.1, 0.15) is 22.2 Å². The first-order valence-electron chi connectivity index (χ1n) is 5.11. The van der Waals surface area contributed by atoms with Crippen LogP contribution in [0, 0.1) is 0 Å². The average molecular weight is 297 g/mol. The minimum atomic E-state index is -3.79. The fraction of sp³-hybridized carbons (Fsp3) is 0.556. The SMILES string of the molecule is CS(=O)(=O)CCCNS(=O)(=O)c1ccc(CO)o1. The maximum atomic E-state index is 11.6. The Hall–Kier alpha value is -0.900. The largest absolute Gasteiger partial charge is 0.446 e. The summed E-state index contributed by atoms with van der Waals surface area (Å²) in [4.78, 5) is 0. The van der Waals surface area contributed by atoms with E-state index in [1.807, 2.05) is 0 Å². The molecule has 0 saturated heterocycles. The molecule has 0 amide bonds. The second kappa shape index (κ2) is 5.83. The number of aliphatic hydroxyl groups excluding tert-OH is 1. The lowest BCUT2D eigenvalue weighted by molar-refractivity contribution is 0.236. The Labute approximate surface area is 106 Å². The molecule has 0 bridgehead atoms. The molecule has 2 N–H and O–H groups in total. The van der Waals surface area contributed by atoms with Crippen molar-refractivity contribution >= 4 is 19.9 Å². The standard InChI is InChI=1S/C9H15NO6S2/c1-17(12,13)6-2-5-10-18(14,15)9-4-3-8(7-11)16-9/h3-4,10-11H,2,5-7H2,1H3. The lowest BCUT2D eigenvalue weighted by Crippen LogP contribution is -2.25. The highest BCUT2D eigenvalue weighted by atomic mass is 32.2. The lowest BCUT2D eigenvalue weighted by Gasteiger charge is -2.03. The van der Waals surface area contributed by atoms with E-state index in [0.717, 1.165) is 6.26 Å². The van der Waals surface area contributed by atoms with E-state index >= 15 is 0 Å². The second-order valence-corrected chi connectivity index (χ2v) is 7.72. The van der Waals surface area contributed by atoms with Crippen molar-refractivity contribution in [2.45, 2.75) is 18.1 Å². The zero-order chi connectivity index (χ0) is 13.8. The molecule has 0 saturated carbocycles. The number of sulfonamides is 1. The van der Waals surface area contributed by atoms with Crippen LogP contribution in [0.3, 0.4) is 0 Å². The highest BCUT2D eigenvalue weighted by Gasteiger charge is 2.18. The minimum Gasteiger partial charge on any atom is -0.446 e. The molecule has 9 heteroatoms. The molecule has 1 heterocycles. The summed E-state index contributed by atoms with van der Waals surface area (Å²) in [5.74, 6) is 0.0572. The van der Waals surface area contributed by atoms with Crippen LogP contribution in [-0.2, 0) is 26.5 Å². The van der Waals surface area contributed by atoms with Crippen molar-refractivity contribution in [3.63, 3.8) is 0 Å². The van der Waals surface area contributed by atoms with E-state index in [1.165, 1.54) is 12.1 Å². The van der Waals surface area contributed by atoms with Crippen LogP contribution in [0.5, 0.6) is 0 Å². The van der Waals surface area contributed by atoms with Crippen molar-refractivity contribution in [2.75, 3.05) is 18.6 Å². The van der Waals surface area contributed by atoms with Crippen molar-refractivity contribution in [3.8, 4) is 0 Å². The van der Waals surface area contributed by atoms with Crippen LogP contribution in [0.1, 0.15) is 12.2 Å². The Kier molecular flexibility index (Phi) is 4.91. The Bertz CT molecular complexity index is 586.